The first kappa shape index (κ1) is 24.3. The summed E-state index contributed by atoms with van der Waals surface area (Å²) in [5, 5.41) is 14.4. The fourth-order valence-electron chi connectivity index (χ4n) is 4.61. The van der Waals surface area contributed by atoms with Crippen LogP contribution in [0.3, 0.4) is 0 Å². The lowest BCUT2D eigenvalue weighted by Gasteiger charge is -2.44. The van der Waals surface area contributed by atoms with Crippen LogP contribution in [0, 0.1) is 11.8 Å². The molecule has 1 aromatic rings. The van der Waals surface area contributed by atoms with E-state index in [4.69, 9.17) is 19.2 Å². The summed E-state index contributed by atoms with van der Waals surface area (Å²) < 4.78 is 11.5. The Bertz CT molecular complexity index is 690. The first-order chi connectivity index (χ1) is 14.2. The van der Waals surface area contributed by atoms with Crippen molar-refractivity contribution in [2.45, 2.75) is 84.0 Å². The SMILES string of the molecule is CO[C@@]12CC[C@@H](NC(=O)C(C)C)C[C@@H]1N(Cc1cc(CC(C)C)on1)CC2.O=CO. The minimum absolute atomic E-state index is 0.0216. The van der Waals surface area contributed by atoms with E-state index in [9.17, 15) is 4.79 Å². The maximum absolute atomic E-state index is 12.1. The average Bonchev–Trinajstić information content (AvgIpc) is 3.27. The summed E-state index contributed by atoms with van der Waals surface area (Å²) in [4.78, 5) is 23.0. The first-order valence-electron chi connectivity index (χ1n) is 10.9. The van der Waals surface area contributed by atoms with E-state index in [-0.39, 0.29) is 29.9 Å². The topological polar surface area (TPSA) is 105 Å². The third-order valence-corrected chi connectivity index (χ3v) is 6.15. The van der Waals surface area contributed by atoms with Crippen LogP contribution in [0.15, 0.2) is 10.6 Å². The van der Waals surface area contributed by atoms with Gasteiger partial charge in [-0.05, 0) is 31.6 Å². The Morgan fingerprint density at radius 1 is 1.43 bits per heavy atom. The smallest absolute Gasteiger partial charge is 0.290 e. The van der Waals surface area contributed by atoms with Gasteiger partial charge in [-0.2, -0.15) is 0 Å². The number of ether oxygens (including phenoxy) is 1. The lowest BCUT2D eigenvalue weighted by atomic mass is 9.78. The summed E-state index contributed by atoms with van der Waals surface area (Å²) in [6.45, 7) is 9.78. The van der Waals surface area contributed by atoms with Crippen molar-refractivity contribution < 1.29 is 24.0 Å². The van der Waals surface area contributed by atoms with Crippen molar-refractivity contribution in [2.75, 3.05) is 13.7 Å². The molecule has 2 N–H and O–H groups in total. The summed E-state index contributed by atoms with van der Waals surface area (Å²) in [7, 11) is 1.83. The van der Waals surface area contributed by atoms with Crippen molar-refractivity contribution in [3.8, 4) is 0 Å². The Morgan fingerprint density at radius 2 is 2.13 bits per heavy atom. The third-order valence-electron chi connectivity index (χ3n) is 6.15. The summed E-state index contributed by atoms with van der Waals surface area (Å²) in [6, 6.07) is 2.62. The van der Waals surface area contributed by atoms with Gasteiger partial charge in [0.15, 0.2) is 0 Å². The predicted octanol–water partition coefficient (Wildman–Crippen LogP) is 2.86. The summed E-state index contributed by atoms with van der Waals surface area (Å²) in [5.74, 6) is 1.68. The van der Waals surface area contributed by atoms with Gasteiger partial charge in [-0.1, -0.05) is 32.9 Å². The highest BCUT2D eigenvalue weighted by Gasteiger charge is 2.51. The minimum atomic E-state index is -0.250. The van der Waals surface area contributed by atoms with E-state index in [0.29, 0.717) is 12.0 Å². The highest BCUT2D eigenvalue weighted by molar-refractivity contribution is 5.78. The third kappa shape index (κ3) is 6.04. The lowest BCUT2D eigenvalue weighted by molar-refractivity contribution is -0.126. The van der Waals surface area contributed by atoms with E-state index in [1.165, 1.54) is 0 Å². The zero-order chi connectivity index (χ0) is 22.3. The molecule has 0 spiro atoms. The van der Waals surface area contributed by atoms with E-state index < -0.39 is 0 Å². The van der Waals surface area contributed by atoms with Crippen molar-refractivity contribution in [1.29, 1.82) is 0 Å². The standard InChI is InChI=1S/C21H35N3O3.CH2O2/c1-14(2)10-18-11-17(23-27-18)13-24-9-8-21(26-5)7-6-16(12-19(21)24)22-20(25)15(3)4;2-1-3/h11,14-16,19H,6-10,12-13H2,1-5H3,(H,22,25);1H,(H,2,3)/t16-,19+,21-;/m1./s1. The molecule has 0 aromatic carbocycles. The van der Waals surface area contributed by atoms with Crippen molar-refractivity contribution in [3.05, 3.63) is 17.5 Å². The number of rotatable bonds is 7. The molecule has 8 heteroatoms. The molecule has 1 aliphatic carbocycles. The molecule has 0 bridgehead atoms. The van der Waals surface area contributed by atoms with Crippen LogP contribution in [0.1, 0.15) is 64.8 Å². The maximum atomic E-state index is 12.1. The van der Waals surface area contributed by atoms with Gasteiger partial charge in [0.05, 0.1) is 11.3 Å². The van der Waals surface area contributed by atoms with E-state index in [1.807, 2.05) is 21.0 Å². The van der Waals surface area contributed by atoms with E-state index in [2.05, 4.69) is 35.3 Å². The zero-order valence-electron chi connectivity index (χ0n) is 18.9. The van der Waals surface area contributed by atoms with Gasteiger partial charge in [0.2, 0.25) is 5.91 Å². The van der Waals surface area contributed by atoms with Gasteiger partial charge in [0.25, 0.3) is 6.47 Å². The predicted molar refractivity (Wildman–Crippen MR) is 113 cm³/mol. The number of nitrogens with one attached hydrogen (secondary N) is 1. The summed E-state index contributed by atoms with van der Waals surface area (Å²) in [5.41, 5.74) is 0.898. The van der Waals surface area contributed by atoms with Crippen LogP contribution in [0.4, 0.5) is 0 Å². The van der Waals surface area contributed by atoms with Gasteiger partial charge < -0.3 is 19.7 Å². The van der Waals surface area contributed by atoms with Gasteiger partial charge in [-0.25, -0.2) is 0 Å². The van der Waals surface area contributed by atoms with Crippen LogP contribution in [-0.4, -0.2) is 58.9 Å². The van der Waals surface area contributed by atoms with Crippen molar-refractivity contribution in [2.24, 2.45) is 11.8 Å². The van der Waals surface area contributed by atoms with E-state index in [1.54, 1.807) is 0 Å². The van der Waals surface area contributed by atoms with Crippen LogP contribution < -0.4 is 5.32 Å². The van der Waals surface area contributed by atoms with Crippen LogP contribution in [0.5, 0.6) is 0 Å². The molecule has 0 unspecified atom stereocenters. The highest BCUT2D eigenvalue weighted by atomic mass is 16.5. The summed E-state index contributed by atoms with van der Waals surface area (Å²) >= 11 is 0. The average molecular weight is 424 g/mol. The van der Waals surface area contributed by atoms with Crippen LogP contribution in [-0.2, 0) is 27.3 Å². The van der Waals surface area contributed by atoms with Gasteiger partial charge in [-0.15, -0.1) is 0 Å². The number of amides is 1. The van der Waals surface area contributed by atoms with Crippen molar-refractivity contribution >= 4 is 12.4 Å². The Labute approximate surface area is 179 Å². The summed E-state index contributed by atoms with van der Waals surface area (Å²) in [6.07, 6.45) is 4.87. The van der Waals surface area contributed by atoms with Gasteiger partial charge in [0.1, 0.15) is 5.76 Å². The highest BCUT2D eigenvalue weighted by Crippen LogP contribution is 2.43. The minimum Gasteiger partial charge on any atom is -0.483 e. The molecule has 1 saturated heterocycles. The number of likely N-dealkylation sites (tertiary alicyclic amines) is 1. The molecule has 1 saturated carbocycles. The van der Waals surface area contributed by atoms with Gasteiger partial charge in [-0.3, -0.25) is 14.5 Å². The number of hydrogen-bond donors (Lipinski definition) is 2. The number of carbonyl (C=O) groups is 2. The number of carbonyl (C=O) groups excluding carboxylic acids is 1. The van der Waals surface area contributed by atoms with Crippen LogP contribution in [0.2, 0.25) is 0 Å². The molecular formula is C22H37N3O5. The van der Waals surface area contributed by atoms with Gasteiger partial charge >= 0.3 is 0 Å². The lowest BCUT2D eigenvalue weighted by Crippen LogP contribution is -2.55. The quantitative estimate of drug-likeness (QED) is 0.650. The monoisotopic (exact) mass is 423 g/mol. The Hall–Kier alpha value is -1.93. The van der Waals surface area contributed by atoms with Crippen molar-refractivity contribution in [3.63, 3.8) is 0 Å². The largest absolute Gasteiger partial charge is 0.483 e. The van der Waals surface area contributed by atoms with Gasteiger partial charge in [0, 0.05) is 50.7 Å². The zero-order valence-corrected chi connectivity index (χ0v) is 18.9. The molecule has 30 heavy (non-hydrogen) atoms. The van der Waals surface area contributed by atoms with E-state index in [0.717, 1.165) is 56.6 Å². The van der Waals surface area contributed by atoms with E-state index >= 15 is 0 Å². The number of hydrogen-bond acceptors (Lipinski definition) is 6. The molecule has 3 atom stereocenters. The van der Waals surface area contributed by atoms with Crippen LogP contribution >= 0.6 is 0 Å². The number of aromatic nitrogens is 1. The normalized spacial score (nSPS) is 26.2. The second kappa shape index (κ2) is 10.9. The molecule has 170 valence electrons. The molecule has 3 rings (SSSR count). The molecule has 1 aromatic heterocycles. The fraction of sp³-hybridized carbons (Fsp3) is 0.773. The Balaban J connectivity index is 0.00000101. The molecule has 2 aliphatic rings. The molecule has 1 aliphatic heterocycles. The Kier molecular flexibility index (Phi) is 8.85. The Morgan fingerprint density at radius 3 is 2.73 bits per heavy atom. The van der Waals surface area contributed by atoms with Crippen molar-refractivity contribution in [1.82, 2.24) is 15.4 Å². The molecule has 0 radical (unpaired) electrons. The molecule has 8 nitrogen and oxygen atoms in total. The first-order valence-corrected chi connectivity index (χ1v) is 10.9. The second-order valence-corrected chi connectivity index (χ2v) is 9.13. The number of fused-ring (bicyclic) bond motifs is 1. The molecule has 2 fully saturated rings. The maximum Gasteiger partial charge on any atom is 0.290 e. The number of carboxylic acid groups (broad SMARTS) is 1. The molecule has 2 heterocycles. The molecular weight excluding hydrogens is 386 g/mol. The second-order valence-electron chi connectivity index (χ2n) is 9.13. The number of methoxy groups -OCH3 is 1. The number of nitrogens with zero attached hydrogens (tertiary/aromatic N) is 2. The van der Waals surface area contributed by atoms with Crippen LogP contribution in [0.25, 0.3) is 0 Å². The molecule has 1 amide bonds. The fourth-order valence-corrected chi connectivity index (χ4v) is 4.61.